The van der Waals surface area contributed by atoms with Gasteiger partial charge >= 0.3 is 0 Å². The summed E-state index contributed by atoms with van der Waals surface area (Å²) in [5, 5.41) is 10.8. The highest BCUT2D eigenvalue weighted by molar-refractivity contribution is 5.50. The predicted molar refractivity (Wildman–Crippen MR) is 80.7 cm³/mol. The number of aliphatic hydroxyl groups excluding tert-OH is 1. The Kier molecular flexibility index (Phi) is 2.37. The molecule has 0 aromatic heterocycles. The van der Waals surface area contributed by atoms with Crippen LogP contribution in [0.3, 0.4) is 0 Å². The molecule has 118 valence electrons. The van der Waals surface area contributed by atoms with Crippen LogP contribution in [0.5, 0.6) is 11.5 Å². The van der Waals surface area contributed by atoms with Crippen molar-refractivity contribution in [3.05, 3.63) is 23.8 Å². The van der Waals surface area contributed by atoms with E-state index in [1.54, 1.807) is 0 Å². The van der Waals surface area contributed by atoms with Crippen LogP contribution in [0.15, 0.2) is 18.2 Å². The van der Waals surface area contributed by atoms with Gasteiger partial charge in [-0.3, -0.25) is 9.80 Å². The molecule has 1 N–H and O–H groups in total. The third-order valence-electron chi connectivity index (χ3n) is 5.97. The van der Waals surface area contributed by atoms with Gasteiger partial charge in [0.25, 0.3) is 0 Å². The molecule has 4 fully saturated rings. The number of hydrogen-bond donors (Lipinski definition) is 1. The molecular formula is C17H22N2O3. The number of nitrogens with zero attached hydrogens (tertiary/aromatic N) is 2. The molecule has 5 aliphatic rings. The van der Waals surface area contributed by atoms with Gasteiger partial charge in [0.2, 0.25) is 6.79 Å². The van der Waals surface area contributed by atoms with Crippen LogP contribution in [-0.2, 0) is 0 Å². The smallest absolute Gasteiger partial charge is 0.231 e. The van der Waals surface area contributed by atoms with Gasteiger partial charge in [-0.25, -0.2) is 0 Å². The summed E-state index contributed by atoms with van der Waals surface area (Å²) in [6, 6.07) is 6.18. The molecule has 0 unspecified atom stereocenters. The largest absolute Gasteiger partial charge is 0.454 e. The Morgan fingerprint density at radius 1 is 1.05 bits per heavy atom. The lowest BCUT2D eigenvalue weighted by Crippen LogP contribution is -2.76. The number of fused-ring (bicyclic) bond motifs is 1. The van der Waals surface area contributed by atoms with Crippen molar-refractivity contribution in [1.29, 1.82) is 0 Å². The van der Waals surface area contributed by atoms with E-state index < -0.39 is 0 Å². The van der Waals surface area contributed by atoms with E-state index in [1.807, 2.05) is 6.07 Å². The maximum absolute atomic E-state index is 10.8. The predicted octanol–water partition coefficient (Wildman–Crippen LogP) is 1.43. The Labute approximate surface area is 130 Å². The highest BCUT2D eigenvalue weighted by atomic mass is 16.7. The fourth-order valence-electron chi connectivity index (χ4n) is 5.38. The Bertz CT molecular complexity index is 609. The Morgan fingerprint density at radius 3 is 2.32 bits per heavy atom. The number of para-hydroxylation sites is 1. The number of piperidine rings is 2. The van der Waals surface area contributed by atoms with Crippen LogP contribution in [0.25, 0.3) is 0 Å². The van der Waals surface area contributed by atoms with Gasteiger partial charge in [0.1, 0.15) is 0 Å². The number of hydrogen-bond acceptors (Lipinski definition) is 5. The van der Waals surface area contributed by atoms with Crippen LogP contribution in [0, 0.1) is 10.8 Å². The van der Waals surface area contributed by atoms with Crippen molar-refractivity contribution in [1.82, 2.24) is 9.80 Å². The van der Waals surface area contributed by atoms with Gasteiger partial charge in [0, 0.05) is 42.6 Å². The van der Waals surface area contributed by atoms with Gasteiger partial charge < -0.3 is 14.6 Å². The second-order valence-corrected chi connectivity index (χ2v) is 7.98. The first-order chi connectivity index (χ1) is 10.5. The molecule has 5 heterocycles. The average Bonchev–Trinajstić information content (AvgIpc) is 2.92. The van der Waals surface area contributed by atoms with Crippen LogP contribution < -0.4 is 9.47 Å². The lowest BCUT2D eigenvalue weighted by molar-refractivity contribution is -0.254. The topological polar surface area (TPSA) is 45.2 Å². The van der Waals surface area contributed by atoms with E-state index >= 15 is 0 Å². The SMILES string of the molecule is CC12CN3CC(C)(CN(C1)C3c1cccc3c1OCO3)C2O. The van der Waals surface area contributed by atoms with E-state index in [0.717, 1.165) is 37.7 Å². The monoisotopic (exact) mass is 302 g/mol. The van der Waals surface area contributed by atoms with E-state index in [2.05, 4.69) is 35.8 Å². The molecule has 1 aromatic rings. The zero-order chi connectivity index (χ0) is 15.1. The van der Waals surface area contributed by atoms with E-state index in [-0.39, 0.29) is 23.1 Å². The molecule has 1 aromatic carbocycles. The van der Waals surface area contributed by atoms with Gasteiger partial charge in [0.15, 0.2) is 11.5 Å². The quantitative estimate of drug-likeness (QED) is 0.850. The van der Waals surface area contributed by atoms with E-state index in [1.165, 1.54) is 5.56 Å². The minimum Gasteiger partial charge on any atom is -0.454 e. The summed E-state index contributed by atoms with van der Waals surface area (Å²) in [7, 11) is 0. The summed E-state index contributed by atoms with van der Waals surface area (Å²) < 4.78 is 11.3. The third-order valence-corrected chi connectivity index (χ3v) is 5.97. The summed E-state index contributed by atoms with van der Waals surface area (Å²) in [6.45, 7) is 8.52. The number of benzene rings is 1. The van der Waals surface area contributed by atoms with Crippen molar-refractivity contribution in [2.24, 2.45) is 10.8 Å². The fraction of sp³-hybridized carbons (Fsp3) is 0.647. The molecule has 22 heavy (non-hydrogen) atoms. The first-order valence-corrected chi connectivity index (χ1v) is 8.05. The number of aliphatic hydroxyl groups is 1. The maximum atomic E-state index is 10.8. The molecule has 0 atom stereocenters. The molecule has 5 heteroatoms. The van der Waals surface area contributed by atoms with E-state index in [9.17, 15) is 5.11 Å². The minimum atomic E-state index is -0.213. The lowest BCUT2D eigenvalue weighted by atomic mass is 9.60. The van der Waals surface area contributed by atoms with Gasteiger partial charge in [0.05, 0.1) is 12.3 Å². The normalized spacial score (nSPS) is 48.0. The van der Waals surface area contributed by atoms with Crippen LogP contribution in [0.1, 0.15) is 25.6 Å². The summed E-state index contributed by atoms with van der Waals surface area (Å²) >= 11 is 0. The molecule has 0 saturated carbocycles. The Balaban J connectivity index is 1.59. The minimum absolute atomic E-state index is 0.0307. The first-order valence-electron chi connectivity index (χ1n) is 8.05. The lowest BCUT2D eigenvalue weighted by Gasteiger charge is -2.68. The summed E-state index contributed by atoms with van der Waals surface area (Å²) in [5.74, 6) is 1.75. The van der Waals surface area contributed by atoms with Gasteiger partial charge in [-0.1, -0.05) is 26.0 Å². The first kappa shape index (κ1) is 13.2. The molecular weight excluding hydrogens is 280 g/mol. The van der Waals surface area contributed by atoms with Crippen LogP contribution in [0.2, 0.25) is 0 Å². The molecule has 0 spiro atoms. The summed E-state index contributed by atoms with van der Waals surface area (Å²) in [4.78, 5) is 5.02. The van der Waals surface area contributed by atoms with Gasteiger partial charge in [-0.2, -0.15) is 0 Å². The fourth-order valence-corrected chi connectivity index (χ4v) is 5.38. The molecule has 5 nitrogen and oxygen atoms in total. The van der Waals surface area contributed by atoms with Crippen LogP contribution in [-0.4, -0.2) is 54.0 Å². The van der Waals surface area contributed by atoms with Crippen LogP contribution >= 0.6 is 0 Å². The molecule has 0 amide bonds. The van der Waals surface area contributed by atoms with Gasteiger partial charge in [-0.15, -0.1) is 0 Å². The molecule has 0 aliphatic carbocycles. The van der Waals surface area contributed by atoms with Crippen molar-refractivity contribution in [3.63, 3.8) is 0 Å². The Morgan fingerprint density at radius 2 is 1.68 bits per heavy atom. The standard InChI is InChI=1S/C17H22N2O3/c1-16-6-18-8-17(2,15(16)20)9-19(7-16)14(18)11-4-3-5-12-13(11)22-10-21-12/h3-5,14-15,20H,6-10H2,1-2H3. The number of rotatable bonds is 1. The van der Waals surface area contributed by atoms with Crippen molar-refractivity contribution in [2.75, 3.05) is 33.0 Å². The average molecular weight is 302 g/mol. The maximum Gasteiger partial charge on any atom is 0.231 e. The highest BCUT2D eigenvalue weighted by Gasteiger charge is 2.62. The molecule has 4 bridgehead atoms. The third kappa shape index (κ3) is 1.49. The molecule has 4 saturated heterocycles. The number of ether oxygens (including phenoxy) is 2. The second kappa shape index (κ2) is 3.96. The van der Waals surface area contributed by atoms with Crippen molar-refractivity contribution in [3.8, 4) is 11.5 Å². The highest BCUT2D eigenvalue weighted by Crippen LogP contribution is 2.55. The van der Waals surface area contributed by atoms with Crippen molar-refractivity contribution < 1.29 is 14.6 Å². The van der Waals surface area contributed by atoms with Gasteiger partial charge in [-0.05, 0) is 6.07 Å². The van der Waals surface area contributed by atoms with Crippen molar-refractivity contribution in [2.45, 2.75) is 26.1 Å². The molecule has 5 aliphatic heterocycles. The summed E-state index contributed by atoms with van der Waals surface area (Å²) in [5.41, 5.74) is 1.14. The Hall–Kier alpha value is -1.30. The summed E-state index contributed by atoms with van der Waals surface area (Å²) in [6.07, 6.45) is 0.0276. The van der Waals surface area contributed by atoms with E-state index in [4.69, 9.17) is 9.47 Å². The molecule has 0 radical (unpaired) electrons. The van der Waals surface area contributed by atoms with Crippen LogP contribution in [0.4, 0.5) is 0 Å². The van der Waals surface area contributed by atoms with E-state index in [0.29, 0.717) is 6.79 Å². The zero-order valence-corrected chi connectivity index (χ0v) is 13.1. The zero-order valence-electron chi connectivity index (χ0n) is 13.1. The van der Waals surface area contributed by atoms with Crippen molar-refractivity contribution >= 4 is 0 Å². The molecule has 6 rings (SSSR count). The second-order valence-electron chi connectivity index (χ2n) is 7.98.